The van der Waals surface area contributed by atoms with Crippen LogP contribution in [0.25, 0.3) is 0 Å². The van der Waals surface area contributed by atoms with Crippen molar-refractivity contribution in [1.29, 1.82) is 0 Å². The lowest BCUT2D eigenvalue weighted by atomic mass is 9.91. The number of hydrogen-bond donors (Lipinski definition) is 2. The largest absolute Gasteiger partial charge is 0.380 e. The van der Waals surface area contributed by atoms with Gasteiger partial charge < -0.3 is 11.1 Å². The second kappa shape index (κ2) is 5.02. The van der Waals surface area contributed by atoms with Crippen molar-refractivity contribution in [3.8, 4) is 0 Å². The first kappa shape index (κ1) is 11.7. The molecule has 0 atom stereocenters. The predicted octanol–water partition coefficient (Wildman–Crippen LogP) is 3.16. The first-order valence-corrected chi connectivity index (χ1v) is 6.00. The molecule has 16 heavy (non-hydrogen) atoms. The maximum atomic E-state index is 13.5. The molecule has 1 aliphatic carbocycles. The van der Waals surface area contributed by atoms with E-state index < -0.39 is 0 Å². The number of hydrogen-bond acceptors (Lipinski definition) is 2. The van der Waals surface area contributed by atoms with E-state index in [0.29, 0.717) is 22.8 Å². The molecular formula is C12H16ClFN2. The van der Waals surface area contributed by atoms with Crippen LogP contribution in [-0.2, 0) is 0 Å². The van der Waals surface area contributed by atoms with Crippen LogP contribution in [0.5, 0.6) is 0 Å². The van der Waals surface area contributed by atoms with Crippen LogP contribution in [-0.4, -0.2) is 12.1 Å². The Bertz CT molecular complexity index is 362. The van der Waals surface area contributed by atoms with Crippen molar-refractivity contribution < 1.29 is 4.39 Å². The zero-order valence-electron chi connectivity index (χ0n) is 9.05. The molecule has 4 heteroatoms. The normalized spacial score (nSPS) is 25.4. The highest BCUT2D eigenvalue weighted by Crippen LogP contribution is 2.24. The molecule has 1 aromatic rings. The maximum Gasteiger partial charge on any atom is 0.147 e. The van der Waals surface area contributed by atoms with Crippen molar-refractivity contribution in [2.45, 2.75) is 37.8 Å². The van der Waals surface area contributed by atoms with Crippen LogP contribution < -0.4 is 11.1 Å². The van der Waals surface area contributed by atoms with E-state index in [-0.39, 0.29) is 5.82 Å². The van der Waals surface area contributed by atoms with Gasteiger partial charge in [0.25, 0.3) is 0 Å². The Kier molecular flexibility index (Phi) is 3.66. The Balaban J connectivity index is 1.98. The minimum absolute atomic E-state index is 0.289. The summed E-state index contributed by atoms with van der Waals surface area (Å²) in [6, 6.07) is 5.36. The summed E-state index contributed by atoms with van der Waals surface area (Å²) in [7, 11) is 0. The highest BCUT2D eigenvalue weighted by atomic mass is 35.5. The molecule has 1 saturated carbocycles. The first-order valence-electron chi connectivity index (χ1n) is 5.62. The fraction of sp³-hybridized carbons (Fsp3) is 0.500. The van der Waals surface area contributed by atoms with Gasteiger partial charge in [0.2, 0.25) is 0 Å². The molecule has 0 saturated heterocycles. The number of nitrogens with one attached hydrogen (secondary N) is 1. The standard InChI is InChI=1S/C12H16ClFN2/c13-8-1-6-12(11(14)7-8)16-10-4-2-9(15)3-5-10/h1,6-7,9-10,16H,2-5,15H2. The smallest absolute Gasteiger partial charge is 0.147 e. The SMILES string of the molecule is NC1CCC(Nc2ccc(Cl)cc2F)CC1. The molecule has 0 heterocycles. The van der Waals surface area contributed by atoms with Gasteiger partial charge >= 0.3 is 0 Å². The molecule has 1 aliphatic rings. The average molecular weight is 243 g/mol. The van der Waals surface area contributed by atoms with E-state index in [2.05, 4.69) is 5.32 Å². The molecule has 0 aliphatic heterocycles. The Morgan fingerprint density at radius 2 is 1.94 bits per heavy atom. The van der Waals surface area contributed by atoms with Crippen LogP contribution in [0.15, 0.2) is 18.2 Å². The molecule has 0 unspecified atom stereocenters. The summed E-state index contributed by atoms with van der Waals surface area (Å²) in [6.07, 6.45) is 4.02. The van der Waals surface area contributed by atoms with Crippen LogP contribution in [0.2, 0.25) is 5.02 Å². The number of benzene rings is 1. The zero-order chi connectivity index (χ0) is 11.5. The average Bonchev–Trinajstić information content (AvgIpc) is 2.25. The minimum Gasteiger partial charge on any atom is -0.380 e. The van der Waals surface area contributed by atoms with Crippen molar-refractivity contribution in [1.82, 2.24) is 0 Å². The maximum absolute atomic E-state index is 13.5. The number of anilines is 1. The monoisotopic (exact) mass is 242 g/mol. The van der Waals surface area contributed by atoms with Crippen LogP contribution in [0.3, 0.4) is 0 Å². The molecule has 2 rings (SSSR count). The van der Waals surface area contributed by atoms with Gasteiger partial charge in [-0.15, -0.1) is 0 Å². The third-order valence-corrected chi connectivity index (χ3v) is 3.30. The second-order valence-corrected chi connectivity index (χ2v) is 4.82. The van der Waals surface area contributed by atoms with Gasteiger partial charge in [-0.2, -0.15) is 0 Å². The van der Waals surface area contributed by atoms with E-state index in [1.165, 1.54) is 6.07 Å². The summed E-state index contributed by atoms with van der Waals surface area (Å²) in [6.45, 7) is 0. The first-order chi connectivity index (χ1) is 7.65. The fourth-order valence-electron chi connectivity index (χ4n) is 2.09. The van der Waals surface area contributed by atoms with E-state index in [1.54, 1.807) is 12.1 Å². The molecule has 0 amide bonds. The van der Waals surface area contributed by atoms with E-state index in [0.717, 1.165) is 25.7 Å². The van der Waals surface area contributed by atoms with Gasteiger partial charge in [0.05, 0.1) is 5.69 Å². The van der Waals surface area contributed by atoms with Crippen molar-refractivity contribution in [2.24, 2.45) is 5.73 Å². The van der Waals surface area contributed by atoms with Crippen LogP contribution >= 0.6 is 11.6 Å². The lowest BCUT2D eigenvalue weighted by molar-refractivity contribution is 0.410. The predicted molar refractivity (Wildman–Crippen MR) is 65.3 cm³/mol. The van der Waals surface area contributed by atoms with E-state index in [1.807, 2.05) is 0 Å². The molecule has 0 aromatic heterocycles. The molecule has 1 aromatic carbocycles. The highest BCUT2D eigenvalue weighted by Gasteiger charge is 2.19. The van der Waals surface area contributed by atoms with Gasteiger partial charge in [-0.05, 0) is 43.9 Å². The summed E-state index contributed by atoms with van der Waals surface area (Å²) in [5, 5.41) is 3.63. The van der Waals surface area contributed by atoms with Gasteiger partial charge in [-0.1, -0.05) is 11.6 Å². The highest BCUT2D eigenvalue weighted by molar-refractivity contribution is 6.30. The van der Waals surface area contributed by atoms with Gasteiger partial charge in [0.1, 0.15) is 5.82 Å². The van der Waals surface area contributed by atoms with E-state index >= 15 is 0 Å². The minimum atomic E-state index is -0.289. The van der Waals surface area contributed by atoms with Crippen LogP contribution in [0, 0.1) is 5.82 Å². The Labute approximate surface area is 100.0 Å². The zero-order valence-corrected chi connectivity index (χ0v) is 9.80. The Hall–Kier alpha value is -0.800. The molecule has 2 nitrogen and oxygen atoms in total. The molecular weight excluding hydrogens is 227 g/mol. The summed E-state index contributed by atoms with van der Waals surface area (Å²) >= 11 is 5.69. The van der Waals surface area contributed by atoms with Gasteiger partial charge in [-0.25, -0.2) is 4.39 Å². The van der Waals surface area contributed by atoms with Crippen LogP contribution in [0.4, 0.5) is 10.1 Å². The summed E-state index contributed by atoms with van der Waals surface area (Å²) < 4.78 is 13.5. The molecule has 1 fully saturated rings. The Morgan fingerprint density at radius 1 is 1.25 bits per heavy atom. The Morgan fingerprint density at radius 3 is 2.56 bits per heavy atom. The van der Waals surface area contributed by atoms with Crippen LogP contribution in [0.1, 0.15) is 25.7 Å². The van der Waals surface area contributed by atoms with E-state index in [4.69, 9.17) is 17.3 Å². The lowest BCUT2D eigenvalue weighted by Crippen LogP contribution is -2.32. The van der Waals surface area contributed by atoms with Gasteiger partial charge in [-0.3, -0.25) is 0 Å². The molecule has 88 valence electrons. The van der Waals surface area contributed by atoms with Gasteiger partial charge in [0, 0.05) is 17.1 Å². The third-order valence-electron chi connectivity index (χ3n) is 3.06. The summed E-state index contributed by atoms with van der Waals surface area (Å²) in [5.41, 5.74) is 6.35. The summed E-state index contributed by atoms with van der Waals surface area (Å²) in [4.78, 5) is 0. The summed E-state index contributed by atoms with van der Waals surface area (Å²) in [5.74, 6) is -0.289. The van der Waals surface area contributed by atoms with Crippen molar-refractivity contribution in [3.63, 3.8) is 0 Å². The van der Waals surface area contributed by atoms with Crippen molar-refractivity contribution in [2.75, 3.05) is 5.32 Å². The van der Waals surface area contributed by atoms with Crippen molar-refractivity contribution in [3.05, 3.63) is 29.0 Å². The number of rotatable bonds is 2. The van der Waals surface area contributed by atoms with Crippen molar-refractivity contribution >= 4 is 17.3 Å². The quantitative estimate of drug-likeness (QED) is 0.836. The fourth-order valence-corrected chi connectivity index (χ4v) is 2.25. The molecule has 0 spiro atoms. The van der Waals surface area contributed by atoms with Gasteiger partial charge in [0.15, 0.2) is 0 Å². The lowest BCUT2D eigenvalue weighted by Gasteiger charge is -2.27. The number of nitrogens with two attached hydrogens (primary N) is 1. The molecule has 3 N–H and O–H groups in total. The topological polar surface area (TPSA) is 38.0 Å². The molecule has 0 radical (unpaired) electrons. The number of halogens is 2. The third kappa shape index (κ3) is 2.86. The molecule has 0 bridgehead atoms. The second-order valence-electron chi connectivity index (χ2n) is 4.38. The van der Waals surface area contributed by atoms with E-state index in [9.17, 15) is 4.39 Å².